The number of carbonyl (C=O) groups excluding carboxylic acids is 1. The highest BCUT2D eigenvalue weighted by Gasteiger charge is 2.26. The van der Waals surface area contributed by atoms with Gasteiger partial charge in [0, 0.05) is 37.4 Å². The van der Waals surface area contributed by atoms with Crippen LogP contribution >= 0.6 is 34.7 Å². The van der Waals surface area contributed by atoms with Gasteiger partial charge in [-0.2, -0.15) is 24.9 Å². The van der Waals surface area contributed by atoms with Crippen LogP contribution in [0.4, 0.5) is 18.2 Å². The van der Waals surface area contributed by atoms with Crippen LogP contribution in [0.5, 0.6) is 0 Å². The summed E-state index contributed by atoms with van der Waals surface area (Å²) in [5, 5.41) is 11.9. The first kappa shape index (κ1) is 22.1. The fourth-order valence-electron chi connectivity index (χ4n) is 2.23. The van der Waals surface area contributed by atoms with E-state index in [1.807, 2.05) is 6.08 Å². The third kappa shape index (κ3) is 7.02. The van der Waals surface area contributed by atoms with Crippen molar-refractivity contribution in [1.29, 1.82) is 0 Å². The number of thiazole rings is 1. The number of hydroxylamine groups is 2. The lowest BCUT2D eigenvalue weighted by Crippen LogP contribution is -2.25. The zero-order chi connectivity index (χ0) is 20.0. The number of aromatic nitrogens is 1. The molecule has 1 aliphatic rings. The molecule has 0 saturated carbocycles. The molecule has 1 aromatic heterocycles. The Balaban J connectivity index is 1.84. The van der Waals surface area contributed by atoms with E-state index in [0.717, 1.165) is 10.6 Å². The van der Waals surface area contributed by atoms with Gasteiger partial charge in [-0.25, -0.2) is 4.98 Å². The van der Waals surface area contributed by atoms with E-state index in [-0.39, 0.29) is 30.4 Å². The zero-order valence-electron chi connectivity index (χ0n) is 14.5. The molecule has 2 heterocycles. The van der Waals surface area contributed by atoms with E-state index < -0.39 is 12.6 Å². The lowest BCUT2D eigenvalue weighted by molar-refractivity contribution is -0.134. The van der Waals surface area contributed by atoms with E-state index in [1.54, 1.807) is 13.1 Å². The van der Waals surface area contributed by atoms with Gasteiger partial charge in [-0.1, -0.05) is 29.0 Å². The lowest BCUT2D eigenvalue weighted by atomic mass is 10.2. The number of amides is 1. The minimum absolute atomic E-state index is 0.0493. The number of hydrogen-bond donors (Lipinski definition) is 1. The molecule has 0 bridgehead atoms. The molecule has 0 fully saturated rings. The normalized spacial score (nSPS) is 14.4. The number of thioether (sulfide) groups is 1. The van der Waals surface area contributed by atoms with E-state index in [4.69, 9.17) is 11.6 Å². The summed E-state index contributed by atoms with van der Waals surface area (Å²) in [6.45, 7) is 0.270. The van der Waals surface area contributed by atoms with Crippen LogP contribution in [0.25, 0.3) is 5.57 Å². The average Bonchev–Trinajstić information content (AvgIpc) is 2.98. The number of allylic oxidation sites excluding steroid dienone is 2. The van der Waals surface area contributed by atoms with Crippen LogP contribution in [0, 0.1) is 0 Å². The number of hydrogen-bond acceptors (Lipinski definition) is 6. The van der Waals surface area contributed by atoms with Crippen LogP contribution < -0.4 is 4.90 Å². The number of anilines is 1. The van der Waals surface area contributed by atoms with E-state index in [1.165, 1.54) is 34.2 Å². The molecule has 1 aromatic rings. The fraction of sp³-hybridized carbons (Fsp3) is 0.500. The number of halogens is 4. The standard InChI is InChI=1S/C16H19ClF3N3O2S2/c1-22(12(24)5-9-26-8-3-6-16(18,19)20)15-13(17)21-14(27-15)11-4-2-7-23(25)10-11/h2,4,7,25H,3,5-6,8-10H2,1H3. The molecule has 27 heavy (non-hydrogen) atoms. The molecule has 0 atom stereocenters. The number of alkyl halides is 3. The molecule has 1 amide bonds. The van der Waals surface area contributed by atoms with Crippen molar-refractivity contribution < 1.29 is 23.2 Å². The average molecular weight is 442 g/mol. The summed E-state index contributed by atoms with van der Waals surface area (Å²) in [5.74, 6) is 0.623. The second-order valence-corrected chi connectivity index (χ2v) is 8.34. The smallest absolute Gasteiger partial charge is 0.304 e. The first-order valence-corrected chi connectivity index (χ1v) is 10.4. The number of carbonyl (C=O) groups is 1. The van der Waals surface area contributed by atoms with Crippen LogP contribution in [-0.4, -0.2) is 52.4 Å². The van der Waals surface area contributed by atoms with E-state index in [2.05, 4.69) is 4.98 Å². The van der Waals surface area contributed by atoms with Crippen LogP contribution in [0.3, 0.4) is 0 Å². The summed E-state index contributed by atoms with van der Waals surface area (Å²) in [7, 11) is 1.59. The monoisotopic (exact) mass is 441 g/mol. The molecule has 0 aromatic carbocycles. The molecule has 2 rings (SSSR count). The minimum Gasteiger partial charge on any atom is -0.304 e. The summed E-state index contributed by atoms with van der Waals surface area (Å²) in [5.41, 5.74) is 0.777. The number of rotatable bonds is 8. The largest absolute Gasteiger partial charge is 0.389 e. The van der Waals surface area contributed by atoms with Gasteiger partial charge >= 0.3 is 6.18 Å². The highest BCUT2D eigenvalue weighted by atomic mass is 35.5. The van der Waals surface area contributed by atoms with Gasteiger partial charge in [0.1, 0.15) is 10.0 Å². The first-order valence-electron chi connectivity index (χ1n) is 8.08. The molecule has 0 unspecified atom stereocenters. The Morgan fingerprint density at radius 1 is 1.48 bits per heavy atom. The Hall–Kier alpha value is -1.23. The molecule has 0 aliphatic carbocycles. The molecular weight excluding hydrogens is 423 g/mol. The van der Waals surface area contributed by atoms with Gasteiger partial charge in [0.2, 0.25) is 5.91 Å². The summed E-state index contributed by atoms with van der Waals surface area (Å²) in [6, 6.07) is 0. The van der Waals surface area contributed by atoms with Gasteiger partial charge in [0.05, 0.1) is 6.54 Å². The maximum Gasteiger partial charge on any atom is 0.389 e. The Morgan fingerprint density at radius 3 is 2.89 bits per heavy atom. The summed E-state index contributed by atoms with van der Waals surface area (Å²) < 4.78 is 36.2. The van der Waals surface area contributed by atoms with Gasteiger partial charge in [0.15, 0.2) is 5.15 Å². The van der Waals surface area contributed by atoms with Crippen molar-refractivity contribution in [2.75, 3.05) is 30.0 Å². The summed E-state index contributed by atoms with van der Waals surface area (Å²) in [4.78, 5) is 18.0. The zero-order valence-corrected chi connectivity index (χ0v) is 16.9. The second-order valence-electron chi connectivity index (χ2n) is 5.78. The molecule has 0 spiro atoms. The van der Waals surface area contributed by atoms with E-state index in [9.17, 15) is 23.2 Å². The van der Waals surface area contributed by atoms with Crippen molar-refractivity contribution in [3.63, 3.8) is 0 Å². The third-order valence-corrected chi connectivity index (χ3v) is 6.27. The molecule has 150 valence electrons. The second kappa shape index (κ2) is 9.81. The van der Waals surface area contributed by atoms with Crippen LogP contribution in [-0.2, 0) is 4.79 Å². The van der Waals surface area contributed by atoms with Crippen molar-refractivity contribution in [3.05, 3.63) is 28.5 Å². The molecule has 1 aliphatic heterocycles. The topological polar surface area (TPSA) is 56.7 Å². The lowest BCUT2D eigenvalue weighted by Gasteiger charge is -2.16. The highest BCUT2D eigenvalue weighted by Crippen LogP contribution is 2.36. The molecule has 11 heteroatoms. The minimum atomic E-state index is -4.13. The molecule has 0 saturated heterocycles. The van der Waals surface area contributed by atoms with Gasteiger partial charge < -0.3 is 4.90 Å². The maximum atomic E-state index is 12.3. The van der Waals surface area contributed by atoms with Gasteiger partial charge in [-0.15, -0.1) is 0 Å². The Kier molecular flexibility index (Phi) is 8.02. The van der Waals surface area contributed by atoms with Crippen molar-refractivity contribution >= 4 is 51.2 Å². The van der Waals surface area contributed by atoms with Crippen molar-refractivity contribution in [3.8, 4) is 0 Å². The van der Waals surface area contributed by atoms with E-state index in [0.29, 0.717) is 21.5 Å². The SMILES string of the molecule is CN(C(=O)CCSCCCC(F)(F)F)c1sc(C2=CC=CN(O)C2)nc1Cl. The quantitative estimate of drug-likeness (QED) is 0.586. The molecular formula is C16H19ClF3N3O2S2. The first-order chi connectivity index (χ1) is 12.7. The third-order valence-electron chi connectivity index (χ3n) is 3.62. The van der Waals surface area contributed by atoms with E-state index >= 15 is 0 Å². The molecule has 1 N–H and O–H groups in total. The summed E-state index contributed by atoms with van der Waals surface area (Å²) >= 11 is 8.73. The van der Waals surface area contributed by atoms with Crippen molar-refractivity contribution in [2.24, 2.45) is 0 Å². The van der Waals surface area contributed by atoms with Gasteiger partial charge in [-0.3, -0.25) is 15.1 Å². The Bertz CT molecular complexity index is 722. The number of nitrogens with zero attached hydrogens (tertiary/aromatic N) is 3. The van der Waals surface area contributed by atoms with Crippen LogP contribution in [0.15, 0.2) is 18.4 Å². The van der Waals surface area contributed by atoms with Crippen molar-refractivity contribution in [2.45, 2.75) is 25.4 Å². The van der Waals surface area contributed by atoms with Gasteiger partial charge in [-0.05, 0) is 18.2 Å². The molecule has 0 radical (unpaired) electrons. The van der Waals surface area contributed by atoms with Gasteiger partial charge in [0.25, 0.3) is 0 Å². The Morgan fingerprint density at radius 2 is 2.22 bits per heavy atom. The van der Waals surface area contributed by atoms with Crippen LogP contribution in [0.2, 0.25) is 5.15 Å². The molecule has 5 nitrogen and oxygen atoms in total. The maximum absolute atomic E-state index is 12.3. The van der Waals surface area contributed by atoms with Crippen molar-refractivity contribution in [1.82, 2.24) is 10.0 Å². The van der Waals surface area contributed by atoms with Crippen LogP contribution in [0.1, 0.15) is 24.3 Å². The Labute approximate surface area is 168 Å². The highest BCUT2D eigenvalue weighted by molar-refractivity contribution is 7.99. The summed E-state index contributed by atoms with van der Waals surface area (Å²) in [6.07, 6.45) is 0.322. The fourth-order valence-corrected chi connectivity index (χ4v) is 4.43. The predicted molar refractivity (Wildman–Crippen MR) is 103 cm³/mol. The predicted octanol–water partition coefficient (Wildman–Crippen LogP) is 4.83.